The zero-order chi connectivity index (χ0) is 27.7. The molecule has 0 fully saturated rings. The van der Waals surface area contributed by atoms with Crippen LogP contribution in [0.3, 0.4) is 0 Å². The van der Waals surface area contributed by atoms with Crippen molar-refractivity contribution in [3.8, 4) is 0 Å². The van der Waals surface area contributed by atoms with E-state index < -0.39 is 8.32 Å². The van der Waals surface area contributed by atoms with Gasteiger partial charge in [-0.2, -0.15) is 0 Å². The van der Waals surface area contributed by atoms with Crippen molar-refractivity contribution in [1.29, 1.82) is 0 Å². The van der Waals surface area contributed by atoms with E-state index in [0.717, 1.165) is 5.56 Å². The molecule has 0 aromatic heterocycles. The molecule has 0 bridgehead atoms. The van der Waals surface area contributed by atoms with Gasteiger partial charge in [0.2, 0.25) is 5.91 Å². The lowest BCUT2D eigenvalue weighted by molar-refractivity contribution is -0.130. The molecular weight excluding hydrogens is 498 g/mol. The van der Waals surface area contributed by atoms with Gasteiger partial charge in [-0.3, -0.25) is 4.79 Å². The molecule has 0 saturated heterocycles. The van der Waals surface area contributed by atoms with Gasteiger partial charge in [0.15, 0.2) is 0 Å². The van der Waals surface area contributed by atoms with Gasteiger partial charge in [0, 0.05) is 12.6 Å². The lowest BCUT2D eigenvalue weighted by Crippen LogP contribution is -2.66. The highest BCUT2D eigenvalue weighted by atomic mass is 28.4. The quantitative estimate of drug-likeness (QED) is 0.234. The van der Waals surface area contributed by atoms with Crippen molar-refractivity contribution in [3.05, 3.63) is 134 Å². The van der Waals surface area contributed by atoms with E-state index in [9.17, 15) is 4.79 Å². The van der Waals surface area contributed by atoms with Crippen LogP contribution < -0.4 is 10.4 Å². The van der Waals surface area contributed by atoms with Crippen LogP contribution in [0.1, 0.15) is 26.3 Å². The topological polar surface area (TPSA) is 38.8 Å². The molecule has 202 valence electrons. The summed E-state index contributed by atoms with van der Waals surface area (Å²) >= 11 is 0. The third-order valence-corrected chi connectivity index (χ3v) is 12.2. The van der Waals surface area contributed by atoms with Gasteiger partial charge in [0.25, 0.3) is 8.32 Å². The molecule has 1 aliphatic rings. The maximum atomic E-state index is 12.8. The second kappa shape index (κ2) is 13.0. The average molecular weight is 538 g/mol. The van der Waals surface area contributed by atoms with Crippen molar-refractivity contribution >= 4 is 24.6 Å². The van der Waals surface area contributed by atoms with E-state index in [4.69, 9.17) is 9.16 Å². The molecule has 1 amide bonds. The maximum absolute atomic E-state index is 12.8. The van der Waals surface area contributed by atoms with E-state index in [1.807, 2.05) is 54.6 Å². The number of nitrogens with zero attached hydrogens (tertiary/aromatic N) is 1. The summed E-state index contributed by atoms with van der Waals surface area (Å²) in [6, 6.07) is 31.1. The highest BCUT2D eigenvalue weighted by Gasteiger charge is 2.49. The third-order valence-electron chi connectivity index (χ3n) is 7.17. The number of rotatable bonds is 11. The minimum atomic E-state index is -2.65. The van der Waals surface area contributed by atoms with Crippen LogP contribution in [-0.2, 0) is 20.6 Å². The number of carbonyl (C=O) groups excluding carboxylic acids is 1. The fourth-order valence-electron chi connectivity index (χ4n) is 5.33. The second-order valence-corrected chi connectivity index (χ2v) is 15.1. The van der Waals surface area contributed by atoms with E-state index in [1.54, 1.807) is 17.1 Å². The van der Waals surface area contributed by atoms with Crippen LogP contribution in [0.5, 0.6) is 0 Å². The normalized spacial score (nSPS) is 18.0. The summed E-state index contributed by atoms with van der Waals surface area (Å²) in [5.41, 5.74) is 1.09. The molecule has 3 aromatic rings. The molecule has 39 heavy (non-hydrogen) atoms. The minimum Gasteiger partial charge on any atom is -0.404 e. The number of amides is 1. The first kappa shape index (κ1) is 28.5. The van der Waals surface area contributed by atoms with Gasteiger partial charge in [-0.1, -0.05) is 130 Å². The van der Waals surface area contributed by atoms with Crippen LogP contribution in [-0.4, -0.2) is 44.4 Å². The van der Waals surface area contributed by atoms with Crippen LogP contribution in [0.2, 0.25) is 5.04 Å². The zero-order valence-electron chi connectivity index (χ0n) is 23.2. The summed E-state index contributed by atoms with van der Waals surface area (Å²) in [4.78, 5) is 14.6. The summed E-state index contributed by atoms with van der Waals surface area (Å²) in [7, 11) is -2.65. The smallest absolute Gasteiger partial charge is 0.261 e. The van der Waals surface area contributed by atoms with Gasteiger partial charge in [-0.15, -0.1) is 6.58 Å². The molecule has 1 aliphatic heterocycles. The molecule has 0 unspecified atom stereocenters. The standard InChI is InChI=1S/C34H39NO3Si/c1-5-25-35-31(32(23-24-33(35)36)37-27-28-16-9-6-10-17-28)22-15-26-38-39(34(2,3)4,29-18-11-7-12-19-29)30-20-13-8-14-21-30/h5-24,31-32H,1,25-27H2,2-4H3/b22-15+/t31-,32-/m0/s1. The van der Waals surface area contributed by atoms with Gasteiger partial charge in [-0.05, 0) is 27.1 Å². The fraction of sp³-hybridized carbons (Fsp3) is 0.265. The molecule has 4 rings (SSSR count). The number of hydrogen-bond acceptors (Lipinski definition) is 3. The van der Waals surface area contributed by atoms with Crippen LogP contribution in [0.15, 0.2) is 128 Å². The van der Waals surface area contributed by atoms with Gasteiger partial charge in [-0.25, -0.2) is 0 Å². The number of hydrogen-bond donors (Lipinski definition) is 0. The zero-order valence-corrected chi connectivity index (χ0v) is 24.2. The van der Waals surface area contributed by atoms with Crippen LogP contribution in [0.4, 0.5) is 0 Å². The van der Waals surface area contributed by atoms with Crippen LogP contribution in [0.25, 0.3) is 0 Å². The Morgan fingerprint density at radius 3 is 2.00 bits per heavy atom. The predicted octanol–water partition coefficient (Wildman–Crippen LogP) is 5.66. The Balaban J connectivity index is 1.60. The lowest BCUT2D eigenvalue weighted by Gasteiger charge is -2.43. The maximum Gasteiger partial charge on any atom is 0.261 e. The summed E-state index contributed by atoms with van der Waals surface area (Å²) in [6.07, 6.45) is 9.05. The van der Waals surface area contributed by atoms with E-state index >= 15 is 0 Å². The monoisotopic (exact) mass is 537 g/mol. The van der Waals surface area contributed by atoms with Crippen molar-refractivity contribution in [2.45, 2.75) is 44.6 Å². The van der Waals surface area contributed by atoms with Crippen molar-refractivity contribution in [1.82, 2.24) is 4.90 Å². The largest absolute Gasteiger partial charge is 0.404 e. The Hall–Kier alpha value is -3.51. The Labute approximate surface area is 234 Å². The molecule has 0 saturated carbocycles. The summed E-state index contributed by atoms with van der Waals surface area (Å²) in [5.74, 6) is -0.0444. The van der Waals surface area contributed by atoms with E-state index in [0.29, 0.717) is 19.8 Å². The minimum absolute atomic E-state index is 0.0444. The molecule has 0 aliphatic carbocycles. The van der Waals surface area contributed by atoms with Gasteiger partial charge in [0.05, 0.1) is 19.3 Å². The summed E-state index contributed by atoms with van der Waals surface area (Å²) in [6.45, 7) is 12.0. The molecule has 0 spiro atoms. The van der Waals surface area contributed by atoms with E-state index in [-0.39, 0.29) is 23.1 Å². The number of benzene rings is 3. The van der Waals surface area contributed by atoms with Gasteiger partial charge < -0.3 is 14.1 Å². The second-order valence-electron chi connectivity index (χ2n) is 10.8. The first-order valence-corrected chi connectivity index (χ1v) is 15.4. The third kappa shape index (κ3) is 6.56. The summed E-state index contributed by atoms with van der Waals surface area (Å²) < 4.78 is 13.3. The lowest BCUT2D eigenvalue weighted by atomic mass is 10.0. The van der Waals surface area contributed by atoms with Crippen molar-refractivity contribution in [2.75, 3.05) is 13.2 Å². The Morgan fingerprint density at radius 2 is 1.46 bits per heavy atom. The SMILES string of the molecule is C=CCN1C(=O)C=C[C@H](OCc2ccccc2)[C@@H]1/C=C/CO[Si](c1ccccc1)(c1ccccc1)C(C)(C)C. The van der Waals surface area contributed by atoms with Crippen LogP contribution >= 0.6 is 0 Å². The van der Waals surface area contributed by atoms with E-state index in [2.05, 4.69) is 82.0 Å². The van der Waals surface area contributed by atoms with Gasteiger partial charge >= 0.3 is 0 Å². The van der Waals surface area contributed by atoms with Crippen molar-refractivity contribution in [3.63, 3.8) is 0 Å². The highest BCUT2D eigenvalue weighted by Crippen LogP contribution is 2.36. The van der Waals surface area contributed by atoms with Gasteiger partial charge in [0.1, 0.15) is 6.10 Å². The highest BCUT2D eigenvalue weighted by molar-refractivity contribution is 6.99. The fourth-order valence-corrected chi connectivity index (χ4v) is 9.83. The Kier molecular flexibility index (Phi) is 9.52. The first-order valence-electron chi connectivity index (χ1n) is 13.5. The molecule has 5 heteroatoms. The Morgan fingerprint density at radius 1 is 0.897 bits per heavy atom. The summed E-state index contributed by atoms with van der Waals surface area (Å²) in [5, 5.41) is 2.37. The number of ether oxygens (including phenoxy) is 1. The molecule has 0 N–H and O–H groups in total. The molecule has 0 radical (unpaired) electrons. The van der Waals surface area contributed by atoms with Crippen molar-refractivity contribution < 1.29 is 14.0 Å². The first-order chi connectivity index (χ1) is 18.9. The average Bonchev–Trinajstić information content (AvgIpc) is 2.95. The molecule has 2 atom stereocenters. The molecule has 1 heterocycles. The Bertz CT molecular complexity index is 1230. The molecular formula is C34H39NO3Si. The predicted molar refractivity (Wildman–Crippen MR) is 163 cm³/mol. The van der Waals surface area contributed by atoms with E-state index in [1.165, 1.54) is 10.4 Å². The van der Waals surface area contributed by atoms with Crippen molar-refractivity contribution in [2.24, 2.45) is 0 Å². The number of carbonyl (C=O) groups is 1. The van der Waals surface area contributed by atoms with Crippen LogP contribution in [0, 0.1) is 0 Å². The molecule has 4 nitrogen and oxygen atoms in total. The molecule has 3 aromatic carbocycles.